The molecule has 0 atom stereocenters. The second-order valence-electron chi connectivity index (χ2n) is 5.72. The Morgan fingerprint density at radius 1 is 1.12 bits per heavy atom. The molecule has 0 spiro atoms. The number of benzene rings is 2. The Morgan fingerprint density at radius 2 is 2.04 bits per heavy atom. The fraction of sp³-hybridized carbons (Fsp3) is 0.167. The molecule has 0 amide bonds. The topological polar surface area (TPSA) is 91.5 Å². The minimum absolute atomic E-state index is 0.518. The number of H-pyrrole nitrogens is 2. The van der Waals surface area contributed by atoms with E-state index in [9.17, 15) is 0 Å². The number of nitrogens with one attached hydrogen (secondary N) is 3. The normalized spacial score (nSPS) is 11.0. The standard InChI is InChI=1S/C18H18N6O/c1-3-25-16-7-4-12(8-11(16)2)17-21-18(24-23-17)20-14-5-6-15-13(9-14)10-19-22-15/h4-10H,3H2,1-2H3,(H,19,22)(H2,20,21,23,24). The van der Waals surface area contributed by atoms with E-state index < -0.39 is 0 Å². The van der Waals surface area contributed by atoms with Gasteiger partial charge >= 0.3 is 0 Å². The lowest BCUT2D eigenvalue weighted by atomic mass is 10.1. The summed E-state index contributed by atoms with van der Waals surface area (Å²) in [4.78, 5) is 4.52. The number of anilines is 2. The molecule has 4 rings (SSSR count). The highest BCUT2D eigenvalue weighted by Crippen LogP contribution is 2.25. The van der Waals surface area contributed by atoms with Crippen LogP contribution in [0.2, 0.25) is 0 Å². The first-order valence-electron chi connectivity index (χ1n) is 8.09. The van der Waals surface area contributed by atoms with E-state index in [2.05, 4.69) is 30.7 Å². The van der Waals surface area contributed by atoms with Gasteiger partial charge in [0.25, 0.3) is 0 Å². The van der Waals surface area contributed by atoms with Crippen molar-refractivity contribution in [3.8, 4) is 17.1 Å². The van der Waals surface area contributed by atoms with Gasteiger partial charge in [-0.3, -0.25) is 10.2 Å². The summed E-state index contributed by atoms with van der Waals surface area (Å²) >= 11 is 0. The van der Waals surface area contributed by atoms with Crippen molar-refractivity contribution in [1.29, 1.82) is 0 Å². The molecule has 126 valence electrons. The van der Waals surface area contributed by atoms with Crippen LogP contribution in [0.25, 0.3) is 22.3 Å². The number of ether oxygens (including phenoxy) is 1. The Labute approximate surface area is 144 Å². The summed E-state index contributed by atoms with van der Waals surface area (Å²) in [6, 6.07) is 11.9. The molecule has 0 aliphatic carbocycles. The van der Waals surface area contributed by atoms with Crippen LogP contribution in [-0.4, -0.2) is 32.0 Å². The van der Waals surface area contributed by atoms with Crippen LogP contribution in [0.4, 0.5) is 11.6 Å². The lowest BCUT2D eigenvalue weighted by Crippen LogP contribution is -1.94. The monoisotopic (exact) mass is 334 g/mol. The molecule has 0 saturated carbocycles. The number of hydrogen-bond acceptors (Lipinski definition) is 5. The van der Waals surface area contributed by atoms with Gasteiger partial charge in [-0.1, -0.05) is 0 Å². The number of hydrogen-bond donors (Lipinski definition) is 3. The molecule has 3 N–H and O–H groups in total. The lowest BCUT2D eigenvalue weighted by Gasteiger charge is -2.07. The van der Waals surface area contributed by atoms with Crippen LogP contribution in [0.15, 0.2) is 42.6 Å². The van der Waals surface area contributed by atoms with Crippen molar-refractivity contribution in [1.82, 2.24) is 25.4 Å². The molecule has 0 saturated heterocycles. The molecule has 0 unspecified atom stereocenters. The van der Waals surface area contributed by atoms with E-state index in [0.29, 0.717) is 18.4 Å². The fourth-order valence-corrected chi connectivity index (χ4v) is 2.71. The molecule has 0 aliphatic rings. The number of rotatable bonds is 5. The number of aromatic nitrogens is 5. The molecular formula is C18H18N6O. The van der Waals surface area contributed by atoms with E-state index >= 15 is 0 Å². The lowest BCUT2D eigenvalue weighted by molar-refractivity contribution is 0.338. The number of fused-ring (bicyclic) bond motifs is 1. The second-order valence-corrected chi connectivity index (χ2v) is 5.72. The van der Waals surface area contributed by atoms with Crippen LogP contribution in [0, 0.1) is 6.92 Å². The maximum Gasteiger partial charge on any atom is 0.246 e. The molecule has 2 aromatic carbocycles. The Morgan fingerprint density at radius 3 is 2.88 bits per heavy atom. The van der Waals surface area contributed by atoms with Gasteiger partial charge in [0.2, 0.25) is 5.95 Å². The van der Waals surface area contributed by atoms with Crippen LogP contribution in [0.1, 0.15) is 12.5 Å². The van der Waals surface area contributed by atoms with E-state index in [1.54, 1.807) is 6.20 Å². The summed E-state index contributed by atoms with van der Waals surface area (Å²) in [5.41, 5.74) is 3.93. The van der Waals surface area contributed by atoms with Crippen molar-refractivity contribution in [2.75, 3.05) is 11.9 Å². The van der Waals surface area contributed by atoms with Crippen molar-refractivity contribution < 1.29 is 4.74 Å². The summed E-state index contributed by atoms with van der Waals surface area (Å²) in [6.45, 7) is 4.64. The van der Waals surface area contributed by atoms with Crippen molar-refractivity contribution >= 4 is 22.5 Å². The highest BCUT2D eigenvalue weighted by molar-refractivity contribution is 5.82. The highest BCUT2D eigenvalue weighted by atomic mass is 16.5. The summed E-state index contributed by atoms with van der Waals surface area (Å²) in [5.74, 6) is 2.11. The van der Waals surface area contributed by atoms with E-state index in [-0.39, 0.29) is 0 Å². The van der Waals surface area contributed by atoms with Crippen LogP contribution < -0.4 is 10.1 Å². The maximum atomic E-state index is 5.57. The Hall–Kier alpha value is -3.35. The first-order chi connectivity index (χ1) is 12.2. The third-order valence-corrected chi connectivity index (χ3v) is 3.93. The quantitative estimate of drug-likeness (QED) is 0.516. The predicted molar refractivity (Wildman–Crippen MR) is 97.1 cm³/mol. The molecule has 0 aliphatic heterocycles. The van der Waals surface area contributed by atoms with Crippen LogP contribution in [-0.2, 0) is 0 Å². The summed E-state index contributed by atoms with van der Waals surface area (Å²) in [5, 5.41) is 18.4. The van der Waals surface area contributed by atoms with Gasteiger partial charge in [0.05, 0.1) is 18.3 Å². The van der Waals surface area contributed by atoms with Crippen molar-refractivity contribution in [3.63, 3.8) is 0 Å². The maximum absolute atomic E-state index is 5.57. The second kappa shape index (κ2) is 6.27. The van der Waals surface area contributed by atoms with Gasteiger partial charge in [0.15, 0.2) is 5.82 Å². The van der Waals surface area contributed by atoms with Crippen molar-refractivity contribution in [2.24, 2.45) is 0 Å². The minimum Gasteiger partial charge on any atom is -0.494 e. The first-order valence-corrected chi connectivity index (χ1v) is 8.09. The molecule has 2 heterocycles. The van der Waals surface area contributed by atoms with Gasteiger partial charge in [0, 0.05) is 16.6 Å². The molecule has 2 aromatic heterocycles. The number of nitrogens with zero attached hydrogens (tertiary/aromatic N) is 3. The Kier molecular flexibility index (Phi) is 3.81. The fourth-order valence-electron chi connectivity index (χ4n) is 2.71. The third kappa shape index (κ3) is 3.03. The molecule has 0 radical (unpaired) electrons. The summed E-state index contributed by atoms with van der Waals surface area (Å²) in [7, 11) is 0. The van der Waals surface area contributed by atoms with Gasteiger partial charge in [-0.2, -0.15) is 10.1 Å². The summed E-state index contributed by atoms with van der Waals surface area (Å²) in [6.07, 6.45) is 1.78. The summed E-state index contributed by atoms with van der Waals surface area (Å²) < 4.78 is 5.57. The average molecular weight is 334 g/mol. The molecule has 7 heteroatoms. The van der Waals surface area contributed by atoms with Gasteiger partial charge < -0.3 is 10.1 Å². The smallest absolute Gasteiger partial charge is 0.246 e. The van der Waals surface area contributed by atoms with Crippen LogP contribution in [0.3, 0.4) is 0 Å². The van der Waals surface area contributed by atoms with Crippen LogP contribution in [0.5, 0.6) is 5.75 Å². The third-order valence-electron chi connectivity index (χ3n) is 3.93. The van der Waals surface area contributed by atoms with E-state index in [0.717, 1.165) is 33.5 Å². The number of aromatic amines is 2. The van der Waals surface area contributed by atoms with Crippen molar-refractivity contribution in [3.05, 3.63) is 48.2 Å². The zero-order chi connectivity index (χ0) is 17.2. The molecule has 0 fully saturated rings. The molecule has 0 bridgehead atoms. The van der Waals surface area contributed by atoms with E-state index in [4.69, 9.17) is 4.74 Å². The van der Waals surface area contributed by atoms with Crippen LogP contribution >= 0.6 is 0 Å². The number of aryl methyl sites for hydroxylation is 1. The van der Waals surface area contributed by atoms with Crippen molar-refractivity contribution in [2.45, 2.75) is 13.8 Å². The molecule has 7 nitrogen and oxygen atoms in total. The SMILES string of the molecule is CCOc1ccc(-c2nc(Nc3ccc4[nH]ncc4c3)n[nH]2)cc1C. The van der Waals surface area contributed by atoms with Gasteiger partial charge in [-0.05, 0) is 55.8 Å². The molecule has 4 aromatic rings. The van der Waals surface area contributed by atoms with E-state index in [1.807, 2.05) is 50.2 Å². The predicted octanol–water partition coefficient (Wildman–Crippen LogP) is 3.80. The Bertz CT molecular complexity index is 1020. The Balaban J connectivity index is 1.56. The van der Waals surface area contributed by atoms with E-state index in [1.165, 1.54) is 0 Å². The van der Waals surface area contributed by atoms with Gasteiger partial charge in [-0.15, -0.1) is 5.10 Å². The largest absolute Gasteiger partial charge is 0.494 e. The highest BCUT2D eigenvalue weighted by Gasteiger charge is 2.09. The van der Waals surface area contributed by atoms with Gasteiger partial charge in [-0.25, -0.2) is 0 Å². The first kappa shape index (κ1) is 15.2. The minimum atomic E-state index is 0.518. The molecule has 25 heavy (non-hydrogen) atoms. The van der Waals surface area contributed by atoms with Gasteiger partial charge in [0.1, 0.15) is 5.75 Å². The molecular weight excluding hydrogens is 316 g/mol. The average Bonchev–Trinajstić information content (AvgIpc) is 3.26. The zero-order valence-corrected chi connectivity index (χ0v) is 14.0. The zero-order valence-electron chi connectivity index (χ0n) is 14.0.